The Bertz CT molecular complexity index is 879. The van der Waals surface area contributed by atoms with Gasteiger partial charge in [-0.05, 0) is 24.3 Å². The van der Waals surface area contributed by atoms with Gasteiger partial charge in [0.15, 0.2) is 22.5 Å². The Morgan fingerprint density at radius 3 is 2.78 bits per heavy atom. The van der Waals surface area contributed by atoms with Crippen molar-refractivity contribution in [2.75, 3.05) is 12.9 Å². The van der Waals surface area contributed by atoms with Gasteiger partial charge in [0.1, 0.15) is 12.4 Å². The second-order valence-electron chi connectivity index (χ2n) is 5.54. The summed E-state index contributed by atoms with van der Waals surface area (Å²) in [6.45, 7) is 0.609. The van der Waals surface area contributed by atoms with Gasteiger partial charge in [-0.15, -0.1) is 10.2 Å². The summed E-state index contributed by atoms with van der Waals surface area (Å²) in [5, 5.41) is 11.7. The maximum atomic E-state index is 11.9. The van der Waals surface area contributed by atoms with Crippen molar-refractivity contribution in [2.45, 2.75) is 18.3 Å². The van der Waals surface area contributed by atoms with Crippen LogP contribution in [0.4, 0.5) is 0 Å². The van der Waals surface area contributed by atoms with E-state index < -0.39 is 0 Å². The van der Waals surface area contributed by atoms with E-state index in [4.69, 9.17) is 13.9 Å². The molecule has 0 saturated carbocycles. The van der Waals surface area contributed by atoms with E-state index in [9.17, 15) is 4.79 Å². The third-order valence-corrected chi connectivity index (χ3v) is 4.74. The zero-order valence-electron chi connectivity index (χ0n) is 15.0. The summed E-state index contributed by atoms with van der Waals surface area (Å²) in [5.41, 5.74) is 0. The lowest BCUT2D eigenvalue weighted by Gasteiger charge is -2.10. The Balaban J connectivity index is 1.50. The van der Waals surface area contributed by atoms with Gasteiger partial charge in [0.25, 0.3) is 0 Å². The Kier molecular flexibility index (Phi) is 6.37. The topological polar surface area (TPSA) is 91.4 Å². The van der Waals surface area contributed by atoms with Crippen molar-refractivity contribution in [2.24, 2.45) is 7.05 Å². The van der Waals surface area contributed by atoms with Gasteiger partial charge in [0.2, 0.25) is 5.91 Å². The van der Waals surface area contributed by atoms with E-state index in [0.29, 0.717) is 34.8 Å². The molecule has 0 fully saturated rings. The fourth-order valence-electron chi connectivity index (χ4n) is 2.26. The molecule has 2 aromatic heterocycles. The SMILES string of the molecule is COc1ccccc1OCc1nnc(SCC(=O)NCc2ccco2)n1C. The van der Waals surface area contributed by atoms with Crippen LogP contribution in [0.5, 0.6) is 11.5 Å². The van der Waals surface area contributed by atoms with E-state index in [1.165, 1.54) is 11.8 Å². The van der Waals surface area contributed by atoms with Gasteiger partial charge in [-0.25, -0.2) is 0 Å². The van der Waals surface area contributed by atoms with Crippen LogP contribution in [0.3, 0.4) is 0 Å². The first-order chi connectivity index (χ1) is 13.2. The van der Waals surface area contributed by atoms with E-state index >= 15 is 0 Å². The fraction of sp³-hybridized carbons (Fsp3) is 0.278. The molecule has 0 spiro atoms. The zero-order chi connectivity index (χ0) is 19.1. The van der Waals surface area contributed by atoms with Gasteiger partial charge in [-0.3, -0.25) is 4.79 Å². The van der Waals surface area contributed by atoms with E-state index in [2.05, 4.69) is 15.5 Å². The number of hydrogen-bond acceptors (Lipinski definition) is 7. The number of carbonyl (C=O) groups is 1. The number of para-hydroxylation sites is 2. The van der Waals surface area contributed by atoms with Crippen molar-refractivity contribution >= 4 is 17.7 Å². The monoisotopic (exact) mass is 388 g/mol. The largest absolute Gasteiger partial charge is 0.493 e. The normalized spacial score (nSPS) is 10.6. The van der Waals surface area contributed by atoms with Crippen molar-refractivity contribution < 1.29 is 18.7 Å². The van der Waals surface area contributed by atoms with Crippen LogP contribution >= 0.6 is 11.8 Å². The molecule has 0 saturated heterocycles. The predicted molar refractivity (Wildman–Crippen MR) is 99.6 cm³/mol. The summed E-state index contributed by atoms with van der Waals surface area (Å²) >= 11 is 1.31. The molecule has 27 heavy (non-hydrogen) atoms. The quantitative estimate of drug-likeness (QED) is 0.563. The lowest BCUT2D eigenvalue weighted by molar-refractivity contribution is -0.118. The second-order valence-corrected chi connectivity index (χ2v) is 6.48. The molecule has 0 aliphatic rings. The highest BCUT2D eigenvalue weighted by Crippen LogP contribution is 2.26. The van der Waals surface area contributed by atoms with Crippen molar-refractivity contribution in [3.8, 4) is 11.5 Å². The average molecular weight is 388 g/mol. The molecule has 1 aromatic carbocycles. The molecule has 8 nitrogen and oxygen atoms in total. The van der Waals surface area contributed by atoms with Crippen molar-refractivity contribution in [3.05, 3.63) is 54.2 Å². The molecule has 142 valence electrons. The number of aromatic nitrogens is 3. The highest BCUT2D eigenvalue weighted by Gasteiger charge is 2.13. The third kappa shape index (κ3) is 5.04. The molecule has 3 aromatic rings. The average Bonchev–Trinajstić information content (AvgIpc) is 3.33. The van der Waals surface area contributed by atoms with Gasteiger partial charge >= 0.3 is 0 Å². The number of thioether (sulfide) groups is 1. The fourth-order valence-corrected chi connectivity index (χ4v) is 3.02. The van der Waals surface area contributed by atoms with Crippen LogP contribution in [0.1, 0.15) is 11.6 Å². The highest BCUT2D eigenvalue weighted by molar-refractivity contribution is 7.99. The molecular weight excluding hydrogens is 368 g/mol. The lowest BCUT2D eigenvalue weighted by atomic mass is 10.3. The molecule has 0 radical (unpaired) electrons. The Labute approximate surface area is 160 Å². The van der Waals surface area contributed by atoms with Crippen molar-refractivity contribution in [3.63, 3.8) is 0 Å². The number of benzene rings is 1. The molecule has 1 amide bonds. The summed E-state index contributed by atoms with van der Waals surface area (Å²) in [4.78, 5) is 11.9. The molecule has 2 heterocycles. The van der Waals surface area contributed by atoms with E-state index in [1.807, 2.05) is 37.4 Å². The minimum absolute atomic E-state index is 0.105. The minimum atomic E-state index is -0.105. The number of nitrogens with zero attached hydrogens (tertiary/aromatic N) is 3. The van der Waals surface area contributed by atoms with Crippen molar-refractivity contribution in [1.82, 2.24) is 20.1 Å². The summed E-state index contributed by atoms with van der Waals surface area (Å²) in [5.74, 6) is 2.78. The summed E-state index contributed by atoms with van der Waals surface area (Å²) in [6.07, 6.45) is 1.57. The predicted octanol–water partition coefficient (Wildman–Crippen LogP) is 2.40. The van der Waals surface area contributed by atoms with Gasteiger partial charge in [-0.1, -0.05) is 23.9 Å². The smallest absolute Gasteiger partial charge is 0.230 e. The van der Waals surface area contributed by atoms with Crippen LogP contribution < -0.4 is 14.8 Å². The number of methoxy groups -OCH3 is 1. The van der Waals surface area contributed by atoms with Gasteiger partial charge in [0, 0.05) is 7.05 Å². The van der Waals surface area contributed by atoms with Crippen LogP contribution in [0.25, 0.3) is 0 Å². The molecule has 3 rings (SSSR count). The highest BCUT2D eigenvalue weighted by atomic mass is 32.2. The number of amides is 1. The van der Waals surface area contributed by atoms with E-state index in [1.54, 1.807) is 24.0 Å². The van der Waals surface area contributed by atoms with Crippen LogP contribution in [0, 0.1) is 0 Å². The van der Waals surface area contributed by atoms with Gasteiger partial charge in [-0.2, -0.15) is 0 Å². The maximum absolute atomic E-state index is 11.9. The first kappa shape index (κ1) is 18.8. The van der Waals surface area contributed by atoms with Crippen LogP contribution in [0.15, 0.2) is 52.2 Å². The number of ether oxygens (including phenoxy) is 2. The zero-order valence-corrected chi connectivity index (χ0v) is 15.9. The summed E-state index contributed by atoms with van der Waals surface area (Å²) in [7, 11) is 3.43. The van der Waals surface area contributed by atoms with Gasteiger partial charge < -0.3 is 23.8 Å². The molecule has 1 N–H and O–H groups in total. The Morgan fingerprint density at radius 1 is 1.22 bits per heavy atom. The molecule has 0 aliphatic heterocycles. The number of furan rings is 1. The maximum Gasteiger partial charge on any atom is 0.230 e. The number of nitrogens with one attached hydrogen (secondary N) is 1. The third-order valence-electron chi connectivity index (χ3n) is 3.72. The second kappa shape index (κ2) is 9.13. The van der Waals surface area contributed by atoms with Crippen LogP contribution in [-0.4, -0.2) is 33.5 Å². The molecule has 0 aliphatic carbocycles. The van der Waals surface area contributed by atoms with E-state index in [0.717, 1.165) is 0 Å². The lowest BCUT2D eigenvalue weighted by Crippen LogP contribution is -2.24. The molecular formula is C18H20N4O4S. The molecule has 9 heteroatoms. The summed E-state index contributed by atoms with van der Waals surface area (Å²) in [6, 6.07) is 11.0. The molecule has 0 atom stereocenters. The first-order valence-electron chi connectivity index (χ1n) is 8.23. The number of carbonyl (C=O) groups excluding carboxylic acids is 1. The first-order valence-corrected chi connectivity index (χ1v) is 9.22. The minimum Gasteiger partial charge on any atom is -0.493 e. The Hall–Kier alpha value is -2.94. The van der Waals surface area contributed by atoms with Crippen LogP contribution in [-0.2, 0) is 25.0 Å². The Morgan fingerprint density at radius 2 is 2.04 bits per heavy atom. The standard InChI is InChI=1S/C18H20N4O4S/c1-22-16(11-26-15-8-4-3-7-14(15)24-2)20-21-18(22)27-12-17(23)19-10-13-6-5-9-25-13/h3-9H,10-12H2,1-2H3,(H,19,23). The van der Waals surface area contributed by atoms with E-state index in [-0.39, 0.29) is 18.3 Å². The molecule has 0 bridgehead atoms. The van der Waals surface area contributed by atoms with Crippen molar-refractivity contribution in [1.29, 1.82) is 0 Å². The molecule has 0 unspecified atom stereocenters. The summed E-state index contributed by atoms with van der Waals surface area (Å²) < 4.78 is 18.0. The number of hydrogen-bond donors (Lipinski definition) is 1. The van der Waals surface area contributed by atoms with Gasteiger partial charge in [0.05, 0.1) is 25.7 Å². The number of rotatable bonds is 9. The van der Waals surface area contributed by atoms with Crippen LogP contribution in [0.2, 0.25) is 0 Å².